The van der Waals surface area contributed by atoms with Crippen LogP contribution in [0.3, 0.4) is 0 Å². The van der Waals surface area contributed by atoms with Crippen molar-refractivity contribution in [2.24, 2.45) is 5.92 Å². The maximum absolute atomic E-state index is 13.0. The summed E-state index contributed by atoms with van der Waals surface area (Å²) in [5, 5.41) is 0. The molecule has 2 aromatic carbocycles. The Balaban J connectivity index is 1.46. The molecule has 1 aromatic heterocycles. The quantitative estimate of drug-likeness (QED) is 0.585. The van der Waals surface area contributed by atoms with E-state index in [4.69, 9.17) is 4.74 Å². The number of rotatable bonds is 6. The number of carbonyl (C=O) groups excluding carboxylic acids is 2. The molecule has 152 valence electrons. The zero-order chi connectivity index (χ0) is 20.9. The molecule has 1 aliphatic rings. The molecule has 1 amide bonds. The highest BCUT2D eigenvalue weighted by Crippen LogP contribution is 2.28. The zero-order valence-corrected chi connectivity index (χ0v) is 16.9. The molecular weight excluding hydrogens is 376 g/mol. The molecule has 0 N–H and O–H groups in total. The number of ether oxygens (including phenoxy) is 1. The highest BCUT2D eigenvalue weighted by atomic mass is 16.5. The lowest BCUT2D eigenvalue weighted by Crippen LogP contribution is -2.27. The van der Waals surface area contributed by atoms with E-state index in [2.05, 4.69) is 4.98 Å². The van der Waals surface area contributed by atoms with Gasteiger partial charge >= 0.3 is 5.97 Å². The van der Waals surface area contributed by atoms with Crippen LogP contribution in [0.2, 0.25) is 0 Å². The van der Waals surface area contributed by atoms with Gasteiger partial charge in [-0.15, -0.1) is 0 Å². The second-order valence-electron chi connectivity index (χ2n) is 7.64. The van der Waals surface area contributed by atoms with Crippen LogP contribution in [0, 0.1) is 12.8 Å². The Morgan fingerprint density at radius 3 is 2.50 bits per heavy atom. The second kappa shape index (κ2) is 8.91. The second-order valence-corrected chi connectivity index (χ2v) is 7.64. The van der Waals surface area contributed by atoms with Crippen molar-refractivity contribution in [3.05, 3.63) is 101 Å². The number of likely N-dealkylation sites (tertiary alicyclic amines) is 1. The molecular formula is C25H24N2O3. The van der Waals surface area contributed by atoms with Crippen LogP contribution in [0.25, 0.3) is 0 Å². The van der Waals surface area contributed by atoms with Crippen molar-refractivity contribution < 1.29 is 14.3 Å². The van der Waals surface area contributed by atoms with Gasteiger partial charge in [-0.05, 0) is 30.2 Å². The molecule has 2 unspecified atom stereocenters. The third-order valence-electron chi connectivity index (χ3n) is 5.33. The standard InChI is InChI=1S/C25H24N2O3/c1-18-10-12-19(13-11-18)16-27-17-21(15-23(27)28)25(29)30-24(20-7-3-2-4-8-20)22-9-5-6-14-26-22/h2-14,21,24H,15-17H2,1H3. The van der Waals surface area contributed by atoms with Crippen molar-refractivity contribution in [3.8, 4) is 0 Å². The summed E-state index contributed by atoms with van der Waals surface area (Å²) in [6.45, 7) is 2.90. The van der Waals surface area contributed by atoms with Crippen LogP contribution in [0.1, 0.15) is 34.9 Å². The minimum absolute atomic E-state index is 0.0216. The van der Waals surface area contributed by atoms with E-state index < -0.39 is 12.0 Å². The Kier molecular flexibility index (Phi) is 5.89. The molecule has 1 fully saturated rings. The van der Waals surface area contributed by atoms with E-state index in [0.717, 1.165) is 11.1 Å². The SMILES string of the molecule is Cc1ccc(CN2CC(C(=O)OC(c3ccccc3)c3ccccn3)CC2=O)cc1. The predicted molar refractivity (Wildman–Crippen MR) is 113 cm³/mol. The molecule has 2 heterocycles. The first-order valence-corrected chi connectivity index (χ1v) is 10.1. The van der Waals surface area contributed by atoms with Gasteiger partial charge < -0.3 is 9.64 Å². The molecule has 5 nitrogen and oxygen atoms in total. The summed E-state index contributed by atoms with van der Waals surface area (Å²) in [6.07, 6.45) is 1.26. The van der Waals surface area contributed by atoms with Crippen molar-refractivity contribution >= 4 is 11.9 Å². The largest absolute Gasteiger partial charge is 0.451 e. The Morgan fingerprint density at radius 2 is 1.80 bits per heavy atom. The minimum atomic E-state index is -0.596. The van der Waals surface area contributed by atoms with Gasteiger partial charge in [0.05, 0.1) is 11.6 Å². The van der Waals surface area contributed by atoms with Crippen LogP contribution < -0.4 is 0 Å². The molecule has 0 radical (unpaired) electrons. The molecule has 0 aliphatic carbocycles. The van der Waals surface area contributed by atoms with Crippen LogP contribution in [-0.2, 0) is 20.9 Å². The third kappa shape index (κ3) is 4.57. The number of hydrogen-bond acceptors (Lipinski definition) is 4. The van der Waals surface area contributed by atoms with E-state index in [1.165, 1.54) is 5.56 Å². The van der Waals surface area contributed by atoms with Gasteiger partial charge in [0.25, 0.3) is 0 Å². The fourth-order valence-electron chi connectivity index (χ4n) is 3.67. The third-order valence-corrected chi connectivity index (χ3v) is 5.33. The molecule has 0 saturated carbocycles. The van der Waals surface area contributed by atoms with Gasteiger partial charge in [-0.3, -0.25) is 14.6 Å². The summed E-state index contributed by atoms with van der Waals surface area (Å²) in [5.41, 5.74) is 3.75. The van der Waals surface area contributed by atoms with Gasteiger partial charge in [0.15, 0.2) is 6.10 Å². The summed E-state index contributed by atoms with van der Waals surface area (Å²) in [7, 11) is 0. The number of nitrogens with zero attached hydrogens (tertiary/aromatic N) is 2. The van der Waals surface area contributed by atoms with Gasteiger partial charge in [-0.2, -0.15) is 0 Å². The Morgan fingerprint density at radius 1 is 1.07 bits per heavy atom. The Labute approximate surface area is 176 Å². The average Bonchev–Trinajstić information content (AvgIpc) is 3.15. The summed E-state index contributed by atoms with van der Waals surface area (Å²) in [4.78, 5) is 31.6. The first-order valence-electron chi connectivity index (χ1n) is 10.1. The van der Waals surface area contributed by atoms with Crippen LogP contribution in [0.5, 0.6) is 0 Å². The van der Waals surface area contributed by atoms with E-state index in [0.29, 0.717) is 18.8 Å². The van der Waals surface area contributed by atoms with Gasteiger partial charge in [0.2, 0.25) is 5.91 Å². The molecule has 3 aromatic rings. The topological polar surface area (TPSA) is 59.5 Å². The number of amides is 1. The summed E-state index contributed by atoms with van der Waals surface area (Å²) < 4.78 is 5.89. The molecule has 2 atom stereocenters. The Bertz CT molecular complexity index is 964. The first-order chi connectivity index (χ1) is 14.6. The van der Waals surface area contributed by atoms with Crippen molar-refractivity contribution in [1.82, 2.24) is 9.88 Å². The normalized spacial score (nSPS) is 17.0. The predicted octanol–water partition coefficient (Wildman–Crippen LogP) is 4.07. The number of aromatic nitrogens is 1. The van der Waals surface area contributed by atoms with Gasteiger partial charge in [0, 0.05) is 25.7 Å². The maximum Gasteiger partial charge on any atom is 0.312 e. The fraction of sp³-hybridized carbons (Fsp3) is 0.240. The molecule has 1 saturated heterocycles. The smallest absolute Gasteiger partial charge is 0.312 e. The van der Waals surface area contributed by atoms with E-state index in [9.17, 15) is 9.59 Å². The van der Waals surface area contributed by atoms with E-state index in [-0.39, 0.29) is 18.3 Å². The van der Waals surface area contributed by atoms with Gasteiger partial charge in [-0.1, -0.05) is 66.2 Å². The number of aryl methyl sites for hydroxylation is 1. The number of carbonyl (C=O) groups is 2. The van der Waals surface area contributed by atoms with Crippen molar-refractivity contribution in [3.63, 3.8) is 0 Å². The first kappa shape index (κ1) is 19.8. The number of pyridine rings is 1. The highest BCUT2D eigenvalue weighted by molar-refractivity contribution is 5.87. The maximum atomic E-state index is 13.0. The molecule has 0 spiro atoms. The van der Waals surface area contributed by atoms with E-state index in [1.54, 1.807) is 11.1 Å². The molecule has 1 aliphatic heterocycles. The fourth-order valence-corrected chi connectivity index (χ4v) is 3.67. The van der Waals surface area contributed by atoms with Gasteiger partial charge in [-0.25, -0.2) is 0 Å². The lowest BCUT2D eigenvalue weighted by atomic mass is 10.0. The molecule has 30 heavy (non-hydrogen) atoms. The summed E-state index contributed by atoms with van der Waals surface area (Å²) >= 11 is 0. The summed E-state index contributed by atoms with van der Waals surface area (Å²) in [6, 6.07) is 23.2. The molecule has 5 heteroatoms. The number of hydrogen-bond donors (Lipinski definition) is 0. The van der Waals surface area contributed by atoms with Crippen molar-refractivity contribution in [1.29, 1.82) is 0 Å². The van der Waals surface area contributed by atoms with Crippen molar-refractivity contribution in [2.75, 3.05) is 6.54 Å². The van der Waals surface area contributed by atoms with E-state index >= 15 is 0 Å². The van der Waals surface area contributed by atoms with E-state index in [1.807, 2.05) is 79.7 Å². The monoisotopic (exact) mass is 400 g/mol. The van der Waals surface area contributed by atoms with Gasteiger partial charge in [0.1, 0.15) is 0 Å². The van der Waals surface area contributed by atoms with Crippen LogP contribution >= 0.6 is 0 Å². The number of esters is 1. The van der Waals surface area contributed by atoms with Crippen molar-refractivity contribution in [2.45, 2.75) is 26.0 Å². The average molecular weight is 400 g/mol. The Hall–Kier alpha value is -3.47. The van der Waals surface area contributed by atoms with Crippen LogP contribution in [0.15, 0.2) is 79.0 Å². The zero-order valence-electron chi connectivity index (χ0n) is 16.9. The molecule has 4 rings (SSSR count). The minimum Gasteiger partial charge on any atom is -0.451 e. The highest BCUT2D eigenvalue weighted by Gasteiger charge is 2.36. The lowest BCUT2D eigenvalue weighted by molar-refractivity contribution is -0.152. The van der Waals surface area contributed by atoms with Crippen LogP contribution in [-0.4, -0.2) is 28.3 Å². The summed E-state index contributed by atoms with van der Waals surface area (Å²) in [5.74, 6) is -0.862. The molecule has 0 bridgehead atoms. The van der Waals surface area contributed by atoms with Crippen LogP contribution in [0.4, 0.5) is 0 Å². The lowest BCUT2D eigenvalue weighted by Gasteiger charge is -2.20. The number of benzene rings is 2.